The van der Waals surface area contributed by atoms with E-state index in [4.69, 9.17) is 14.6 Å². The minimum absolute atomic E-state index is 0.343. The molecular formula is C20H26O4. The second-order valence-electron chi connectivity index (χ2n) is 5.46. The largest absolute Gasteiger partial charge is 0.497 e. The average Bonchev–Trinajstić information content (AvgIpc) is 2.60. The van der Waals surface area contributed by atoms with Crippen molar-refractivity contribution in [3.05, 3.63) is 41.0 Å². The minimum atomic E-state index is -0.897. The lowest BCUT2D eigenvalue weighted by Crippen LogP contribution is -2.00. The van der Waals surface area contributed by atoms with Gasteiger partial charge in [0.25, 0.3) is 0 Å². The third-order valence-electron chi connectivity index (χ3n) is 3.59. The highest BCUT2D eigenvalue weighted by atomic mass is 16.5. The minimum Gasteiger partial charge on any atom is -0.497 e. The Morgan fingerprint density at radius 3 is 2.54 bits per heavy atom. The Balaban J connectivity index is 2.43. The van der Waals surface area contributed by atoms with Gasteiger partial charge < -0.3 is 14.6 Å². The Morgan fingerprint density at radius 2 is 1.96 bits per heavy atom. The number of carboxylic acids is 1. The van der Waals surface area contributed by atoms with Gasteiger partial charge in [-0.05, 0) is 37.5 Å². The molecule has 0 aliphatic rings. The van der Waals surface area contributed by atoms with Crippen molar-refractivity contribution in [1.29, 1.82) is 0 Å². The number of allylic oxidation sites excluding steroid dienone is 1. The summed E-state index contributed by atoms with van der Waals surface area (Å²) in [5.41, 5.74) is 2.14. The van der Waals surface area contributed by atoms with Gasteiger partial charge >= 0.3 is 5.97 Å². The second-order valence-corrected chi connectivity index (χ2v) is 5.46. The van der Waals surface area contributed by atoms with E-state index in [0.717, 1.165) is 29.7 Å². The van der Waals surface area contributed by atoms with Crippen LogP contribution in [-0.4, -0.2) is 24.8 Å². The van der Waals surface area contributed by atoms with Gasteiger partial charge in [0, 0.05) is 17.6 Å². The molecule has 0 aromatic heterocycles. The van der Waals surface area contributed by atoms with Gasteiger partial charge in [-0.3, -0.25) is 0 Å². The van der Waals surface area contributed by atoms with Crippen LogP contribution in [0.3, 0.4) is 0 Å². The van der Waals surface area contributed by atoms with E-state index in [1.54, 1.807) is 14.0 Å². The summed E-state index contributed by atoms with van der Waals surface area (Å²) in [5, 5.41) is 9.10. The topological polar surface area (TPSA) is 55.8 Å². The lowest BCUT2D eigenvalue weighted by Gasteiger charge is -2.04. The molecule has 0 heterocycles. The summed E-state index contributed by atoms with van der Waals surface area (Å²) < 4.78 is 10.7. The smallest absolute Gasteiger partial charge is 0.332 e. The molecule has 0 aliphatic carbocycles. The normalized spacial score (nSPS) is 11.3. The van der Waals surface area contributed by atoms with E-state index in [-0.39, 0.29) is 0 Å². The molecule has 0 bridgehead atoms. The zero-order valence-corrected chi connectivity index (χ0v) is 14.7. The van der Waals surface area contributed by atoms with Crippen molar-refractivity contribution in [1.82, 2.24) is 0 Å². The van der Waals surface area contributed by atoms with Crippen LogP contribution in [0.5, 0.6) is 5.75 Å². The maximum absolute atomic E-state index is 11.1. The molecule has 4 heteroatoms. The van der Waals surface area contributed by atoms with E-state index in [2.05, 4.69) is 18.8 Å². The van der Waals surface area contributed by atoms with Crippen molar-refractivity contribution in [2.45, 2.75) is 46.1 Å². The first-order chi connectivity index (χ1) is 11.6. The number of aliphatic carboxylic acids is 1. The molecule has 24 heavy (non-hydrogen) atoms. The van der Waals surface area contributed by atoms with Crippen LogP contribution in [0, 0.1) is 11.8 Å². The van der Waals surface area contributed by atoms with Crippen molar-refractivity contribution >= 4 is 5.97 Å². The first kappa shape index (κ1) is 19.8. The Kier molecular flexibility index (Phi) is 9.33. The number of benzene rings is 1. The van der Waals surface area contributed by atoms with Crippen LogP contribution in [0.4, 0.5) is 0 Å². The number of carboxylic acid groups (broad SMARTS) is 1. The number of ether oxygens (including phenoxy) is 2. The molecule has 0 aliphatic heterocycles. The van der Waals surface area contributed by atoms with E-state index >= 15 is 0 Å². The van der Waals surface area contributed by atoms with Crippen LogP contribution >= 0.6 is 0 Å². The lowest BCUT2D eigenvalue weighted by molar-refractivity contribution is -0.132. The highest BCUT2D eigenvalue weighted by molar-refractivity contribution is 5.87. The molecule has 1 N–H and O–H groups in total. The Morgan fingerprint density at radius 1 is 1.25 bits per heavy atom. The fourth-order valence-electron chi connectivity index (χ4n) is 2.03. The molecule has 1 aromatic rings. The number of carbonyl (C=O) groups is 1. The molecule has 0 atom stereocenters. The first-order valence-electron chi connectivity index (χ1n) is 8.21. The zero-order chi connectivity index (χ0) is 17.8. The predicted octanol–water partition coefficient (Wildman–Crippen LogP) is 4.20. The quantitative estimate of drug-likeness (QED) is 0.419. The van der Waals surface area contributed by atoms with Gasteiger partial charge in [-0.25, -0.2) is 4.79 Å². The fourth-order valence-corrected chi connectivity index (χ4v) is 2.03. The van der Waals surface area contributed by atoms with Gasteiger partial charge in [-0.1, -0.05) is 37.3 Å². The van der Waals surface area contributed by atoms with E-state index < -0.39 is 5.97 Å². The summed E-state index contributed by atoms with van der Waals surface area (Å²) in [6.07, 6.45) is 3.26. The van der Waals surface area contributed by atoms with E-state index in [0.29, 0.717) is 31.6 Å². The maximum atomic E-state index is 11.1. The molecule has 0 unspecified atom stereocenters. The molecule has 130 valence electrons. The number of hydrogen-bond acceptors (Lipinski definition) is 3. The van der Waals surface area contributed by atoms with Crippen molar-refractivity contribution in [2.24, 2.45) is 0 Å². The third kappa shape index (κ3) is 7.34. The van der Waals surface area contributed by atoms with E-state index in [9.17, 15) is 4.79 Å². The Hall–Kier alpha value is -2.25. The highest BCUT2D eigenvalue weighted by Gasteiger charge is 2.06. The second kappa shape index (κ2) is 11.3. The molecule has 1 aromatic carbocycles. The average molecular weight is 330 g/mol. The van der Waals surface area contributed by atoms with Gasteiger partial charge in [-0.2, -0.15) is 0 Å². The summed E-state index contributed by atoms with van der Waals surface area (Å²) in [5.74, 6) is 5.95. The summed E-state index contributed by atoms with van der Waals surface area (Å²) in [4.78, 5) is 11.1. The molecule has 0 fully saturated rings. The standard InChI is InChI=1S/C20H26O4/c1-4-5-8-18(16(2)20(21)22)9-6-7-14-24-15-17-10-12-19(23-3)13-11-17/h10-13H,4-5,7-8,14-15H2,1-3H3,(H,21,22)/b18-16-. The predicted molar refractivity (Wildman–Crippen MR) is 94.9 cm³/mol. The number of methoxy groups -OCH3 is 1. The lowest BCUT2D eigenvalue weighted by atomic mass is 10.0. The van der Waals surface area contributed by atoms with Gasteiger partial charge in [0.1, 0.15) is 5.75 Å². The molecule has 0 spiro atoms. The van der Waals surface area contributed by atoms with Crippen LogP contribution in [0.2, 0.25) is 0 Å². The van der Waals surface area contributed by atoms with Crippen LogP contribution < -0.4 is 4.74 Å². The maximum Gasteiger partial charge on any atom is 0.332 e. The van der Waals surface area contributed by atoms with Crippen LogP contribution in [0.15, 0.2) is 35.4 Å². The molecule has 0 amide bonds. The summed E-state index contributed by atoms with van der Waals surface area (Å²) >= 11 is 0. The van der Waals surface area contributed by atoms with E-state index in [1.165, 1.54) is 0 Å². The van der Waals surface area contributed by atoms with Gasteiger partial charge in [0.05, 0.1) is 20.3 Å². The number of rotatable bonds is 9. The molecule has 0 radical (unpaired) electrons. The van der Waals surface area contributed by atoms with Crippen molar-refractivity contribution in [3.8, 4) is 17.6 Å². The molecule has 4 nitrogen and oxygen atoms in total. The molecule has 0 saturated carbocycles. The summed E-state index contributed by atoms with van der Waals surface area (Å²) in [6.45, 7) is 4.74. The van der Waals surface area contributed by atoms with Crippen molar-refractivity contribution < 1.29 is 19.4 Å². The summed E-state index contributed by atoms with van der Waals surface area (Å²) in [6, 6.07) is 7.73. The fraction of sp³-hybridized carbons (Fsp3) is 0.450. The van der Waals surface area contributed by atoms with Gasteiger partial charge in [0.2, 0.25) is 0 Å². The van der Waals surface area contributed by atoms with Gasteiger partial charge in [-0.15, -0.1) is 0 Å². The first-order valence-corrected chi connectivity index (χ1v) is 8.21. The molecular weight excluding hydrogens is 304 g/mol. The van der Waals surface area contributed by atoms with Crippen molar-refractivity contribution in [3.63, 3.8) is 0 Å². The van der Waals surface area contributed by atoms with Crippen LogP contribution in [-0.2, 0) is 16.1 Å². The summed E-state index contributed by atoms with van der Waals surface area (Å²) in [7, 11) is 1.64. The zero-order valence-electron chi connectivity index (χ0n) is 14.7. The van der Waals surface area contributed by atoms with Crippen LogP contribution in [0.25, 0.3) is 0 Å². The van der Waals surface area contributed by atoms with Crippen molar-refractivity contribution in [2.75, 3.05) is 13.7 Å². The third-order valence-corrected chi connectivity index (χ3v) is 3.59. The number of hydrogen-bond donors (Lipinski definition) is 1. The Labute approximate surface area is 144 Å². The van der Waals surface area contributed by atoms with E-state index in [1.807, 2.05) is 24.3 Å². The van der Waals surface area contributed by atoms with Gasteiger partial charge in [0.15, 0.2) is 0 Å². The number of unbranched alkanes of at least 4 members (excludes halogenated alkanes) is 1. The SMILES string of the molecule is CCCC/C(C#CCCOCc1ccc(OC)cc1)=C(\C)C(=O)O. The highest BCUT2D eigenvalue weighted by Crippen LogP contribution is 2.13. The van der Waals surface area contributed by atoms with Crippen LogP contribution in [0.1, 0.15) is 45.1 Å². The molecule has 0 saturated heterocycles. The Bertz CT molecular complexity index is 603. The molecule has 1 rings (SSSR count). The monoisotopic (exact) mass is 330 g/mol.